The molecule has 0 atom stereocenters. The molecule has 0 aliphatic carbocycles. The van der Waals surface area contributed by atoms with E-state index in [1.807, 2.05) is 57.6 Å². The molecule has 0 N–H and O–H groups in total. The maximum absolute atomic E-state index is 4.53. The Kier molecular flexibility index (Phi) is 10.5. The van der Waals surface area contributed by atoms with Crippen molar-refractivity contribution in [2.24, 2.45) is 9.98 Å². The highest BCUT2D eigenvalue weighted by Crippen LogP contribution is 2.42. The molecule has 2 aromatic heterocycles. The highest BCUT2D eigenvalue weighted by Gasteiger charge is 2.15. The second-order valence-corrected chi connectivity index (χ2v) is 11.4. The lowest BCUT2D eigenvalue weighted by Gasteiger charge is -2.16. The van der Waals surface area contributed by atoms with Crippen LogP contribution in [0.3, 0.4) is 0 Å². The van der Waals surface area contributed by atoms with Gasteiger partial charge >= 0.3 is 0 Å². The maximum Gasteiger partial charge on any atom is 0.115 e. The first kappa shape index (κ1) is 32.9. The van der Waals surface area contributed by atoms with Crippen molar-refractivity contribution >= 4 is 55.6 Å². The average molecular weight is 638 g/mol. The van der Waals surface area contributed by atoms with E-state index in [0.29, 0.717) is 0 Å². The van der Waals surface area contributed by atoms with Crippen LogP contribution in [0.15, 0.2) is 150 Å². The Labute approximate surface area is 287 Å². The SMILES string of the molecule is C/C=C\C=NC.CC=NCC.c1cc(-c2ccc(-c3ccc4ccc5c(-c6cncnc6)ccc6ccc3c4c65)cc2)c2cccnc2c1. The molecule has 2 heterocycles. The Morgan fingerprint density at radius 2 is 1.20 bits per heavy atom. The number of rotatable bonds is 5. The Morgan fingerprint density at radius 3 is 1.73 bits per heavy atom. The monoisotopic (exact) mass is 637 g/mol. The van der Waals surface area contributed by atoms with Crippen LogP contribution in [0.4, 0.5) is 0 Å². The number of pyridine rings is 1. The molecular weight excluding hydrogens is 599 g/mol. The fourth-order valence-electron chi connectivity index (χ4n) is 6.28. The van der Waals surface area contributed by atoms with Crippen LogP contribution < -0.4 is 0 Å². The van der Waals surface area contributed by atoms with Gasteiger partial charge in [-0.15, -0.1) is 0 Å². The minimum atomic E-state index is 0.913. The van der Waals surface area contributed by atoms with E-state index < -0.39 is 0 Å². The van der Waals surface area contributed by atoms with E-state index in [-0.39, 0.29) is 0 Å². The van der Waals surface area contributed by atoms with Crippen LogP contribution in [0.25, 0.3) is 76.6 Å². The molecule has 8 rings (SSSR count). The van der Waals surface area contributed by atoms with E-state index in [1.165, 1.54) is 60.0 Å². The third kappa shape index (κ3) is 6.97. The fourth-order valence-corrected chi connectivity index (χ4v) is 6.28. The van der Waals surface area contributed by atoms with Gasteiger partial charge in [0.1, 0.15) is 6.33 Å². The predicted molar refractivity (Wildman–Crippen MR) is 211 cm³/mol. The van der Waals surface area contributed by atoms with Crippen molar-refractivity contribution in [1.82, 2.24) is 15.0 Å². The summed E-state index contributed by atoms with van der Waals surface area (Å²) in [7, 11) is 1.75. The molecule has 0 saturated heterocycles. The summed E-state index contributed by atoms with van der Waals surface area (Å²) in [6, 6.07) is 37.3. The molecule has 0 aliphatic heterocycles. The van der Waals surface area contributed by atoms with Crippen LogP contribution in [-0.2, 0) is 0 Å². The summed E-state index contributed by atoms with van der Waals surface area (Å²) in [5, 5.41) is 8.77. The van der Waals surface area contributed by atoms with Gasteiger partial charge in [-0.05, 0) is 105 Å². The third-order valence-corrected chi connectivity index (χ3v) is 8.48. The van der Waals surface area contributed by atoms with E-state index in [0.717, 1.165) is 23.2 Å². The van der Waals surface area contributed by atoms with Crippen molar-refractivity contribution in [3.8, 4) is 33.4 Å². The van der Waals surface area contributed by atoms with Crippen LogP contribution in [-0.4, -0.2) is 41.0 Å². The molecule has 240 valence electrons. The molecular formula is C44H39N5. The first-order valence-electron chi connectivity index (χ1n) is 16.6. The average Bonchev–Trinajstić information content (AvgIpc) is 3.17. The van der Waals surface area contributed by atoms with E-state index in [1.54, 1.807) is 25.8 Å². The molecule has 0 spiro atoms. The summed E-state index contributed by atoms with van der Waals surface area (Å²) in [4.78, 5) is 20.6. The number of hydrogen-bond donors (Lipinski definition) is 0. The van der Waals surface area contributed by atoms with Crippen molar-refractivity contribution in [3.05, 3.63) is 140 Å². The molecule has 5 nitrogen and oxygen atoms in total. The quantitative estimate of drug-likeness (QED) is 0.139. The van der Waals surface area contributed by atoms with Gasteiger partial charge in [0.25, 0.3) is 0 Å². The first-order chi connectivity index (χ1) is 24.2. The van der Waals surface area contributed by atoms with Crippen molar-refractivity contribution in [3.63, 3.8) is 0 Å². The van der Waals surface area contributed by atoms with Crippen LogP contribution >= 0.6 is 0 Å². The van der Waals surface area contributed by atoms with Crippen molar-refractivity contribution < 1.29 is 0 Å². The van der Waals surface area contributed by atoms with Gasteiger partial charge in [-0.1, -0.05) is 97.1 Å². The topological polar surface area (TPSA) is 63.4 Å². The molecule has 5 heteroatoms. The van der Waals surface area contributed by atoms with Gasteiger partial charge < -0.3 is 0 Å². The first-order valence-corrected chi connectivity index (χ1v) is 16.6. The number of aliphatic imine (C=N–C) groups is 2. The second kappa shape index (κ2) is 15.7. The molecule has 0 bridgehead atoms. The number of hydrogen-bond acceptors (Lipinski definition) is 5. The molecule has 0 unspecified atom stereocenters. The highest BCUT2D eigenvalue weighted by atomic mass is 14.8. The van der Waals surface area contributed by atoms with Crippen LogP contribution in [0.1, 0.15) is 20.8 Å². The summed E-state index contributed by atoms with van der Waals surface area (Å²) >= 11 is 0. The largest absolute Gasteiger partial charge is 0.298 e. The second-order valence-electron chi connectivity index (χ2n) is 11.4. The summed E-state index contributed by atoms with van der Waals surface area (Å²) in [5.41, 5.74) is 8.06. The number of benzene rings is 6. The minimum absolute atomic E-state index is 0.913. The Morgan fingerprint density at radius 1 is 0.612 bits per heavy atom. The predicted octanol–water partition coefficient (Wildman–Crippen LogP) is 11.3. The maximum atomic E-state index is 4.53. The van der Waals surface area contributed by atoms with Gasteiger partial charge in [0.15, 0.2) is 0 Å². The summed E-state index contributed by atoms with van der Waals surface area (Å²) in [6.07, 6.45) is 14.6. The minimum Gasteiger partial charge on any atom is -0.298 e. The van der Waals surface area contributed by atoms with Crippen molar-refractivity contribution in [2.75, 3.05) is 13.6 Å². The van der Waals surface area contributed by atoms with E-state index in [4.69, 9.17) is 0 Å². The molecule has 0 amide bonds. The zero-order chi connectivity index (χ0) is 34.0. The molecule has 0 radical (unpaired) electrons. The smallest absolute Gasteiger partial charge is 0.115 e. The lowest BCUT2D eigenvalue weighted by molar-refractivity contribution is 1.14. The van der Waals surface area contributed by atoms with Gasteiger partial charge in [-0.25, -0.2) is 9.97 Å². The zero-order valence-electron chi connectivity index (χ0n) is 28.4. The molecule has 0 aliphatic rings. The van der Waals surface area contributed by atoms with Crippen LogP contribution in [0.2, 0.25) is 0 Å². The molecule has 49 heavy (non-hydrogen) atoms. The van der Waals surface area contributed by atoms with Gasteiger partial charge in [-0.2, -0.15) is 0 Å². The zero-order valence-corrected chi connectivity index (χ0v) is 28.4. The third-order valence-electron chi connectivity index (χ3n) is 8.48. The van der Waals surface area contributed by atoms with Gasteiger partial charge in [0.05, 0.1) is 5.52 Å². The standard InChI is InChI=1S/C35H21N3.C5H9N.C4H9N/c1-3-27(30-4-2-18-38-33(30)5-1)22-6-8-23(9-7-22)28-14-10-24-13-17-32-29(26-19-36-21-37-20-26)15-11-25-12-16-31(28)34(24)35(25)32;1-3-4-5-6-2;1-3-5-4-2/h1-21H;3-5H,1-2H3;3H,4H2,1-2H3/b;4-3-,6-5?;. The molecule has 8 aromatic rings. The highest BCUT2D eigenvalue weighted by molar-refractivity contribution is 6.27. The van der Waals surface area contributed by atoms with Gasteiger partial charge in [-0.3, -0.25) is 15.0 Å². The Hall–Kier alpha value is -6.07. The lowest BCUT2D eigenvalue weighted by Crippen LogP contribution is -1.90. The Bertz CT molecular complexity index is 2380. The van der Waals surface area contributed by atoms with E-state index >= 15 is 0 Å². The van der Waals surface area contributed by atoms with Crippen LogP contribution in [0.5, 0.6) is 0 Å². The van der Waals surface area contributed by atoms with E-state index in [9.17, 15) is 0 Å². The number of aromatic nitrogens is 3. The van der Waals surface area contributed by atoms with Gasteiger partial charge in [0, 0.05) is 49.3 Å². The van der Waals surface area contributed by atoms with Gasteiger partial charge in [0.2, 0.25) is 0 Å². The van der Waals surface area contributed by atoms with Crippen LogP contribution in [0, 0.1) is 0 Å². The summed E-state index contributed by atoms with van der Waals surface area (Å²) in [6.45, 7) is 6.81. The Balaban J connectivity index is 0.000000332. The number of allylic oxidation sites excluding steroid dienone is 2. The fraction of sp³-hybridized carbons (Fsp3) is 0.114. The molecule has 6 aromatic carbocycles. The normalized spacial score (nSPS) is 11.5. The van der Waals surface area contributed by atoms with Crippen molar-refractivity contribution in [2.45, 2.75) is 20.8 Å². The summed E-state index contributed by atoms with van der Waals surface area (Å²) < 4.78 is 0. The summed E-state index contributed by atoms with van der Waals surface area (Å²) in [5.74, 6) is 0. The number of fused-ring (bicyclic) bond motifs is 1. The number of nitrogens with zero attached hydrogens (tertiary/aromatic N) is 5. The van der Waals surface area contributed by atoms with E-state index in [2.05, 4.69) is 122 Å². The molecule has 0 fully saturated rings. The lowest BCUT2D eigenvalue weighted by atomic mass is 9.87. The van der Waals surface area contributed by atoms with Crippen molar-refractivity contribution in [1.29, 1.82) is 0 Å². The molecule has 0 saturated carbocycles.